The van der Waals surface area contributed by atoms with Gasteiger partial charge in [0.25, 0.3) is 5.91 Å². The Hall–Kier alpha value is -2.36. The van der Waals surface area contributed by atoms with Crippen molar-refractivity contribution in [3.63, 3.8) is 0 Å². The van der Waals surface area contributed by atoms with Gasteiger partial charge in [-0.05, 0) is 36.2 Å². The van der Waals surface area contributed by atoms with E-state index in [0.717, 1.165) is 17.7 Å². The molecule has 108 valence electrons. The molecule has 0 radical (unpaired) electrons. The van der Waals surface area contributed by atoms with Crippen molar-refractivity contribution in [1.29, 1.82) is 0 Å². The predicted molar refractivity (Wildman–Crippen MR) is 80.5 cm³/mol. The van der Waals surface area contributed by atoms with Gasteiger partial charge in [0, 0.05) is 12.2 Å². The number of amides is 1. The molecule has 1 aliphatic rings. The summed E-state index contributed by atoms with van der Waals surface area (Å²) in [6.07, 6.45) is 0.612. The van der Waals surface area contributed by atoms with Crippen LogP contribution in [0.5, 0.6) is 0 Å². The van der Waals surface area contributed by atoms with E-state index in [0.29, 0.717) is 12.1 Å². The molecule has 0 bridgehead atoms. The number of carbonyl (C=O) groups is 1. The summed E-state index contributed by atoms with van der Waals surface area (Å²) in [5.74, 6) is -0.260. The first kappa shape index (κ1) is 13.6. The zero-order valence-electron chi connectivity index (χ0n) is 11.8. The summed E-state index contributed by atoms with van der Waals surface area (Å²) in [7, 11) is 0. The van der Waals surface area contributed by atoms with Crippen molar-refractivity contribution in [3.05, 3.63) is 65.5 Å². The number of anilines is 1. The lowest BCUT2D eigenvalue weighted by Gasteiger charge is -2.38. The maximum absolute atomic E-state index is 13.1. The first-order valence-corrected chi connectivity index (χ1v) is 7.12. The molecule has 3 nitrogen and oxygen atoms in total. The third-order valence-corrected chi connectivity index (χ3v) is 3.67. The fraction of sp³-hybridized carbons (Fsp3) is 0.235. The molecule has 0 saturated carbocycles. The van der Waals surface area contributed by atoms with E-state index in [1.54, 1.807) is 17.0 Å². The van der Waals surface area contributed by atoms with Crippen LogP contribution >= 0.6 is 0 Å². The molecule has 1 N–H and O–H groups in total. The van der Waals surface area contributed by atoms with Gasteiger partial charge >= 0.3 is 0 Å². The quantitative estimate of drug-likeness (QED) is 0.929. The standard InChI is InChI=1S/C17H17FN2O/c1-2-11-20-16(12-7-9-13(18)10-8-12)19-15-6-4-3-5-14(15)17(20)21/h3-10,16,19H,2,11H2,1H3/t16-/m0/s1. The van der Waals surface area contributed by atoms with Crippen LogP contribution in [-0.2, 0) is 0 Å². The second kappa shape index (κ2) is 5.56. The number of rotatable bonds is 3. The number of nitrogens with one attached hydrogen (secondary N) is 1. The van der Waals surface area contributed by atoms with Crippen LogP contribution in [0.3, 0.4) is 0 Å². The van der Waals surface area contributed by atoms with Gasteiger partial charge in [0.15, 0.2) is 0 Å². The van der Waals surface area contributed by atoms with Crippen molar-refractivity contribution in [2.75, 3.05) is 11.9 Å². The van der Waals surface area contributed by atoms with Crippen LogP contribution in [0.25, 0.3) is 0 Å². The number of hydrogen-bond donors (Lipinski definition) is 1. The van der Waals surface area contributed by atoms with E-state index >= 15 is 0 Å². The van der Waals surface area contributed by atoms with Gasteiger partial charge in [-0.3, -0.25) is 4.79 Å². The lowest BCUT2D eigenvalue weighted by molar-refractivity contribution is 0.0683. The van der Waals surface area contributed by atoms with Crippen molar-refractivity contribution in [3.8, 4) is 0 Å². The molecular weight excluding hydrogens is 267 g/mol. The van der Waals surface area contributed by atoms with Crippen molar-refractivity contribution >= 4 is 11.6 Å². The SMILES string of the molecule is CCCN1C(=O)c2ccccc2N[C@@H]1c1ccc(F)cc1. The van der Waals surface area contributed by atoms with E-state index in [2.05, 4.69) is 5.32 Å². The highest BCUT2D eigenvalue weighted by Gasteiger charge is 2.31. The maximum Gasteiger partial charge on any atom is 0.257 e. The minimum atomic E-state index is -0.275. The summed E-state index contributed by atoms with van der Waals surface area (Å²) in [5.41, 5.74) is 2.39. The van der Waals surface area contributed by atoms with Crippen molar-refractivity contribution in [2.45, 2.75) is 19.5 Å². The highest BCUT2D eigenvalue weighted by molar-refractivity contribution is 6.01. The average molecular weight is 284 g/mol. The zero-order valence-corrected chi connectivity index (χ0v) is 11.8. The highest BCUT2D eigenvalue weighted by atomic mass is 19.1. The molecular formula is C17H17FN2O. The van der Waals surface area contributed by atoms with Crippen LogP contribution in [0.1, 0.15) is 35.4 Å². The van der Waals surface area contributed by atoms with Crippen LogP contribution in [-0.4, -0.2) is 17.4 Å². The Labute approximate surface area is 123 Å². The Morgan fingerprint density at radius 1 is 1.14 bits per heavy atom. The molecule has 0 aliphatic carbocycles. The van der Waals surface area contributed by atoms with Gasteiger partial charge in [0.1, 0.15) is 12.0 Å². The highest BCUT2D eigenvalue weighted by Crippen LogP contribution is 2.32. The van der Waals surface area contributed by atoms with E-state index in [1.165, 1.54) is 12.1 Å². The minimum Gasteiger partial charge on any atom is -0.361 e. The molecule has 0 saturated heterocycles. The molecule has 3 rings (SSSR count). The molecule has 0 aromatic heterocycles. The smallest absolute Gasteiger partial charge is 0.257 e. The van der Waals surface area contributed by atoms with Gasteiger partial charge in [-0.25, -0.2) is 4.39 Å². The van der Waals surface area contributed by atoms with E-state index in [4.69, 9.17) is 0 Å². The molecule has 2 aromatic carbocycles. The first-order valence-electron chi connectivity index (χ1n) is 7.12. The van der Waals surface area contributed by atoms with Crippen LogP contribution in [0.4, 0.5) is 10.1 Å². The molecule has 0 spiro atoms. The van der Waals surface area contributed by atoms with Crippen molar-refractivity contribution < 1.29 is 9.18 Å². The molecule has 0 fully saturated rings. The normalized spacial score (nSPS) is 17.3. The Morgan fingerprint density at radius 3 is 2.57 bits per heavy atom. The predicted octanol–water partition coefficient (Wildman–Crippen LogP) is 3.80. The summed E-state index contributed by atoms with van der Waals surface area (Å²) < 4.78 is 13.1. The number of nitrogens with zero attached hydrogens (tertiary/aromatic N) is 1. The van der Waals surface area contributed by atoms with E-state index in [9.17, 15) is 9.18 Å². The fourth-order valence-electron chi connectivity index (χ4n) is 2.67. The van der Waals surface area contributed by atoms with Gasteiger partial charge in [-0.1, -0.05) is 31.2 Å². The second-order valence-electron chi connectivity index (χ2n) is 5.14. The molecule has 0 unspecified atom stereocenters. The first-order chi connectivity index (χ1) is 10.2. The molecule has 21 heavy (non-hydrogen) atoms. The fourth-order valence-corrected chi connectivity index (χ4v) is 2.67. The number of fused-ring (bicyclic) bond motifs is 1. The summed E-state index contributed by atoms with van der Waals surface area (Å²) in [5, 5.41) is 3.38. The molecule has 1 amide bonds. The van der Waals surface area contributed by atoms with Gasteiger partial charge in [0.2, 0.25) is 0 Å². The molecule has 1 heterocycles. The number of benzene rings is 2. The lowest BCUT2D eigenvalue weighted by atomic mass is 10.0. The average Bonchev–Trinajstić information content (AvgIpc) is 2.51. The van der Waals surface area contributed by atoms with Crippen molar-refractivity contribution in [2.24, 2.45) is 0 Å². The number of halogens is 1. The summed E-state index contributed by atoms with van der Waals surface area (Å²) in [4.78, 5) is 14.5. The van der Waals surface area contributed by atoms with E-state index in [1.807, 2.05) is 31.2 Å². The monoisotopic (exact) mass is 284 g/mol. The summed E-state index contributed by atoms with van der Waals surface area (Å²) >= 11 is 0. The minimum absolute atomic E-state index is 0.0144. The van der Waals surface area contributed by atoms with Gasteiger partial charge in [-0.15, -0.1) is 0 Å². The Balaban J connectivity index is 2.02. The van der Waals surface area contributed by atoms with Crippen LogP contribution in [0.2, 0.25) is 0 Å². The topological polar surface area (TPSA) is 32.3 Å². The summed E-state index contributed by atoms with van der Waals surface area (Å²) in [6.45, 7) is 2.69. The third kappa shape index (κ3) is 2.49. The lowest BCUT2D eigenvalue weighted by Crippen LogP contribution is -2.43. The zero-order chi connectivity index (χ0) is 14.8. The van der Waals surface area contributed by atoms with E-state index < -0.39 is 0 Å². The third-order valence-electron chi connectivity index (χ3n) is 3.67. The Bertz CT molecular complexity index is 654. The maximum atomic E-state index is 13.1. The van der Waals surface area contributed by atoms with E-state index in [-0.39, 0.29) is 17.9 Å². The Morgan fingerprint density at radius 2 is 1.86 bits per heavy atom. The molecule has 4 heteroatoms. The number of hydrogen-bond acceptors (Lipinski definition) is 2. The van der Waals surface area contributed by atoms with Gasteiger partial charge < -0.3 is 10.2 Å². The van der Waals surface area contributed by atoms with Crippen LogP contribution in [0, 0.1) is 5.82 Å². The number of para-hydroxylation sites is 1. The molecule has 1 aliphatic heterocycles. The molecule has 1 atom stereocenters. The summed E-state index contributed by atoms with van der Waals surface area (Å²) in [6, 6.07) is 13.8. The Kier molecular flexibility index (Phi) is 3.60. The molecule has 2 aromatic rings. The van der Waals surface area contributed by atoms with Crippen LogP contribution < -0.4 is 5.32 Å². The number of carbonyl (C=O) groups excluding carboxylic acids is 1. The second-order valence-corrected chi connectivity index (χ2v) is 5.14. The van der Waals surface area contributed by atoms with Gasteiger partial charge in [0.05, 0.1) is 5.56 Å². The van der Waals surface area contributed by atoms with Gasteiger partial charge in [-0.2, -0.15) is 0 Å². The van der Waals surface area contributed by atoms with Crippen LogP contribution in [0.15, 0.2) is 48.5 Å². The largest absolute Gasteiger partial charge is 0.361 e. The van der Waals surface area contributed by atoms with Crippen molar-refractivity contribution in [1.82, 2.24) is 4.90 Å².